The van der Waals surface area contributed by atoms with E-state index in [-0.39, 0.29) is 0 Å². The minimum atomic E-state index is 0.639. The second kappa shape index (κ2) is 6.12. The van der Waals surface area contributed by atoms with Crippen LogP contribution in [0, 0.1) is 0 Å². The van der Waals surface area contributed by atoms with Crippen LogP contribution in [0.1, 0.15) is 32.5 Å². The Morgan fingerprint density at radius 3 is 2.71 bits per heavy atom. The molecule has 5 heteroatoms. The number of aromatic nitrogens is 3. The zero-order valence-corrected chi connectivity index (χ0v) is 10.9. The summed E-state index contributed by atoms with van der Waals surface area (Å²) in [4.78, 5) is 2.51. The first-order valence-corrected chi connectivity index (χ1v) is 6.66. The van der Waals surface area contributed by atoms with Crippen LogP contribution in [-0.2, 0) is 13.1 Å². The summed E-state index contributed by atoms with van der Waals surface area (Å²) in [7, 11) is 0. The van der Waals surface area contributed by atoms with Crippen LogP contribution in [0.25, 0.3) is 0 Å². The Balaban J connectivity index is 1.76. The van der Waals surface area contributed by atoms with E-state index in [1.54, 1.807) is 6.33 Å². The van der Waals surface area contributed by atoms with E-state index < -0.39 is 0 Å². The van der Waals surface area contributed by atoms with Crippen molar-refractivity contribution in [1.29, 1.82) is 0 Å². The number of likely N-dealkylation sites (tertiary alicyclic amines) is 1. The highest BCUT2D eigenvalue weighted by Gasteiger charge is 2.17. The summed E-state index contributed by atoms with van der Waals surface area (Å²) in [5.74, 6) is 1.05. The molecule has 0 saturated carbocycles. The van der Waals surface area contributed by atoms with Crippen LogP contribution in [0.4, 0.5) is 0 Å². The van der Waals surface area contributed by atoms with Gasteiger partial charge in [-0.2, -0.15) is 0 Å². The fourth-order valence-electron chi connectivity index (χ4n) is 2.37. The molecule has 2 heterocycles. The predicted octanol–water partition coefficient (Wildman–Crippen LogP) is 0.872. The van der Waals surface area contributed by atoms with E-state index in [0.29, 0.717) is 6.04 Å². The Morgan fingerprint density at radius 2 is 2.06 bits per heavy atom. The Bertz CT molecular complexity index is 327. The van der Waals surface area contributed by atoms with E-state index in [9.17, 15) is 0 Å². The van der Waals surface area contributed by atoms with Crippen molar-refractivity contribution in [3.05, 3.63) is 12.2 Å². The Labute approximate surface area is 103 Å². The summed E-state index contributed by atoms with van der Waals surface area (Å²) in [6.07, 6.45) is 4.29. The molecule has 1 aromatic heterocycles. The van der Waals surface area contributed by atoms with Crippen molar-refractivity contribution in [2.24, 2.45) is 0 Å². The van der Waals surface area contributed by atoms with Crippen LogP contribution in [0.15, 0.2) is 6.33 Å². The van der Waals surface area contributed by atoms with E-state index in [0.717, 1.165) is 18.9 Å². The van der Waals surface area contributed by atoms with Gasteiger partial charge in [-0.05, 0) is 39.4 Å². The standard InChI is InChI=1S/C12H23N5/c1-3-16-7-5-11(6-8-16)13-9-12-15-14-10-17(12)4-2/h10-11,13H,3-9H2,1-2H3. The van der Waals surface area contributed by atoms with Crippen LogP contribution in [-0.4, -0.2) is 45.3 Å². The Morgan fingerprint density at radius 1 is 1.29 bits per heavy atom. The van der Waals surface area contributed by atoms with Crippen molar-refractivity contribution >= 4 is 0 Å². The molecule has 0 aliphatic carbocycles. The monoisotopic (exact) mass is 237 g/mol. The van der Waals surface area contributed by atoms with Gasteiger partial charge in [0.2, 0.25) is 0 Å². The molecule has 1 fully saturated rings. The van der Waals surface area contributed by atoms with E-state index in [2.05, 4.69) is 38.8 Å². The third-order valence-corrected chi connectivity index (χ3v) is 3.62. The van der Waals surface area contributed by atoms with E-state index in [4.69, 9.17) is 0 Å². The normalized spacial score (nSPS) is 18.7. The number of nitrogens with one attached hydrogen (secondary N) is 1. The molecule has 1 aromatic rings. The van der Waals surface area contributed by atoms with E-state index in [1.807, 2.05) is 0 Å². The summed E-state index contributed by atoms with van der Waals surface area (Å²) in [5.41, 5.74) is 0. The molecule has 1 N–H and O–H groups in total. The highest BCUT2D eigenvalue weighted by atomic mass is 15.3. The van der Waals surface area contributed by atoms with Gasteiger partial charge >= 0.3 is 0 Å². The fourth-order valence-corrected chi connectivity index (χ4v) is 2.37. The van der Waals surface area contributed by atoms with Crippen LogP contribution in [0.3, 0.4) is 0 Å². The summed E-state index contributed by atoms with van der Waals surface area (Å²) >= 11 is 0. The molecular formula is C12H23N5. The lowest BCUT2D eigenvalue weighted by Crippen LogP contribution is -2.42. The molecule has 0 unspecified atom stereocenters. The predicted molar refractivity (Wildman–Crippen MR) is 67.7 cm³/mol. The summed E-state index contributed by atoms with van der Waals surface area (Å²) < 4.78 is 2.09. The highest BCUT2D eigenvalue weighted by Crippen LogP contribution is 2.10. The highest BCUT2D eigenvalue weighted by molar-refractivity contribution is 4.87. The second-order valence-electron chi connectivity index (χ2n) is 4.62. The Hall–Kier alpha value is -0.940. The van der Waals surface area contributed by atoms with E-state index in [1.165, 1.54) is 32.5 Å². The lowest BCUT2D eigenvalue weighted by atomic mass is 10.1. The molecule has 0 aromatic carbocycles. The van der Waals surface area contributed by atoms with Gasteiger partial charge in [-0.15, -0.1) is 10.2 Å². The van der Waals surface area contributed by atoms with Gasteiger partial charge in [0.15, 0.2) is 0 Å². The first kappa shape index (κ1) is 12.5. The molecule has 5 nitrogen and oxygen atoms in total. The maximum absolute atomic E-state index is 4.14. The van der Waals surface area contributed by atoms with Gasteiger partial charge in [0, 0.05) is 12.6 Å². The minimum Gasteiger partial charge on any atom is -0.317 e. The molecule has 0 amide bonds. The molecule has 96 valence electrons. The molecular weight excluding hydrogens is 214 g/mol. The minimum absolute atomic E-state index is 0.639. The van der Waals surface area contributed by atoms with Crippen LogP contribution < -0.4 is 5.32 Å². The van der Waals surface area contributed by atoms with Crippen molar-refractivity contribution in [2.75, 3.05) is 19.6 Å². The molecule has 0 bridgehead atoms. The van der Waals surface area contributed by atoms with Crippen LogP contribution in [0.2, 0.25) is 0 Å². The zero-order valence-electron chi connectivity index (χ0n) is 10.9. The molecule has 2 rings (SSSR count). The molecule has 1 aliphatic rings. The van der Waals surface area contributed by atoms with Crippen molar-refractivity contribution in [1.82, 2.24) is 25.0 Å². The SMILES string of the molecule is CCN1CCC(NCc2nncn2CC)CC1. The molecule has 0 radical (unpaired) electrons. The first-order valence-electron chi connectivity index (χ1n) is 6.66. The van der Waals surface area contributed by atoms with Crippen molar-refractivity contribution in [2.45, 2.75) is 45.8 Å². The number of hydrogen-bond donors (Lipinski definition) is 1. The lowest BCUT2D eigenvalue weighted by Gasteiger charge is -2.31. The Kier molecular flexibility index (Phi) is 4.50. The van der Waals surface area contributed by atoms with Gasteiger partial charge in [0.05, 0.1) is 6.54 Å². The number of rotatable bonds is 5. The third kappa shape index (κ3) is 3.26. The zero-order chi connectivity index (χ0) is 12.1. The van der Waals surface area contributed by atoms with Gasteiger partial charge < -0.3 is 14.8 Å². The van der Waals surface area contributed by atoms with Gasteiger partial charge in [0.1, 0.15) is 12.2 Å². The topological polar surface area (TPSA) is 46.0 Å². The number of hydrogen-bond acceptors (Lipinski definition) is 4. The average Bonchev–Trinajstić information content (AvgIpc) is 2.84. The third-order valence-electron chi connectivity index (χ3n) is 3.62. The van der Waals surface area contributed by atoms with Gasteiger partial charge in [-0.3, -0.25) is 0 Å². The van der Waals surface area contributed by atoms with Gasteiger partial charge in [0.25, 0.3) is 0 Å². The summed E-state index contributed by atoms with van der Waals surface area (Å²) in [6, 6.07) is 0.639. The first-order chi connectivity index (χ1) is 8.33. The molecule has 17 heavy (non-hydrogen) atoms. The number of piperidine rings is 1. The number of nitrogens with zero attached hydrogens (tertiary/aromatic N) is 4. The van der Waals surface area contributed by atoms with Gasteiger partial charge in [-0.1, -0.05) is 6.92 Å². The second-order valence-corrected chi connectivity index (χ2v) is 4.62. The molecule has 0 spiro atoms. The maximum atomic E-state index is 4.14. The van der Waals surface area contributed by atoms with Crippen molar-refractivity contribution < 1.29 is 0 Å². The fraction of sp³-hybridized carbons (Fsp3) is 0.833. The van der Waals surface area contributed by atoms with Crippen molar-refractivity contribution in [3.8, 4) is 0 Å². The van der Waals surface area contributed by atoms with Crippen LogP contribution >= 0.6 is 0 Å². The smallest absolute Gasteiger partial charge is 0.146 e. The molecule has 1 aliphatic heterocycles. The van der Waals surface area contributed by atoms with Gasteiger partial charge in [-0.25, -0.2) is 0 Å². The maximum Gasteiger partial charge on any atom is 0.146 e. The molecule has 1 saturated heterocycles. The molecule has 0 atom stereocenters. The van der Waals surface area contributed by atoms with Crippen molar-refractivity contribution in [3.63, 3.8) is 0 Å². The largest absolute Gasteiger partial charge is 0.317 e. The number of aryl methyl sites for hydroxylation is 1. The van der Waals surface area contributed by atoms with E-state index >= 15 is 0 Å². The summed E-state index contributed by atoms with van der Waals surface area (Å²) in [6.45, 7) is 9.74. The lowest BCUT2D eigenvalue weighted by molar-refractivity contribution is 0.205. The average molecular weight is 237 g/mol. The van der Waals surface area contributed by atoms with Crippen LogP contribution in [0.5, 0.6) is 0 Å². The quantitative estimate of drug-likeness (QED) is 0.825. The summed E-state index contributed by atoms with van der Waals surface area (Å²) in [5, 5.41) is 11.7.